The molecule has 0 spiro atoms. The smallest absolute Gasteiger partial charge is 0.273 e. The van der Waals surface area contributed by atoms with E-state index in [1.54, 1.807) is 11.7 Å². The van der Waals surface area contributed by atoms with Gasteiger partial charge in [-0.2, -0.15) is 5.10 Å². The highest BCUT2D eigenvalue weighted by Crippen LogP contribution is 2.23. The van der Waals surface area contributed by atoms with Crippen LogP contribution >= 0.6 is 11.6 Å². The lowest BCUT2D eigenvalue weighted by atomic mass is 10.00. The fourth-order valence-corrected chi connectivity index (χ4v) is 2.63. The minimum absolute atomic E-state index is 0.00431. The Balaban J connectivity index is 2.24. The molecule has 1 fully saturated rings. The van der Waals surface area contributed by atoms with Gasteiger partial charge in [-0.05, 0) is 25.7 Å². The molecule has 1 aliphatic rings. The van der Waals surface area contributed by atoms with Crippen molar-refractivity contribution in [1.29, 1.82) is 0 Å². The third-order valence-electron chi connectivity index (χ3n) is 3.30. The second-order valence-electron chi connectivity index (χ2n) is 4.87. The van der Waals surface area contributed by atoms with E-state index in [4.69, 9.17) is 11.6 Å². The van der Waals surface area contributed by atoms with Gasteiger partial charge in [0.05, 0.1) is 10.7 Å². The lowest BCUT2D eigenvalue weighted by Crippen LogP contribution is -2.40. The molecule has 0 saturated carbocycles. The van der Waals surface area contributed by atoms with E-state index in [2.05, 4.69) is 12.0 Å². The van der Waals surface area contributed by atoms with Crippen molar-refractivity contribution in [3.05, 3.63) is 16.4 Å². The van der Waals surface area contributed by atoms with Gasteiger partial charge in [0.2, 0.25) is 0 Å². The number of carbonyl (C=O) groups excluding carboxylic acids is 1. The molecule has 0 aromatic carbocycles. The van der Waals surface area contributed by atoms with Gasteiger partial charge in [0.25, 0.3) is 5.91 Å². The van der Waals surface area contributed by atoms with Crippen LogP contribution in [0.3, 0.4) is 0 Å². The highest BCUT2D eigenvalue weighted by molar-refractivity contribution is 6.34. The number of rotatable bonds is 1. The van der Waals surface area contributed by atoms with Crippen LogP contribution < -0.4 is 0 Å². The largest absolute Gasteiger partial charge is 0.337 e. The molecule has 1 unspecified atom stereocenters. The van der Waals surface area contributed by atoms with Gasteiger partial charge in [-0.3, -0.25) is 9.48 Å². The molecule has 2 heterocycles. The molecule has 17 heavy (non-hydrogen) atoms. The summed E-state index contributed by atoms with van der Waals surface area (Å²) >= 11 is 6.13. The molecule has 1 aromatic heterocycles. The van der Waals surface area contributed by atoms with Crippen molar-refractivity contribution in [3.8, 4) is 0 Å². The molecule has 0 bridgehead atoms. The summed E-state index contributed by atoms with van der Waals surface area (Å²) in [5, 5.41) is 4.66. The first-order chi connectivity index (χ1) is 8.00. The van der Waals surface area contributed by atoms with E-state index < -0.39 is 0 Å². The van der Waals surface area contributed by atoms with Gasteiger partial charge in [-0.25, -0.2) is 0 Å². The second kappa shape index (κ2) is 4.69. The first kappa shape index (κ1) is 12.4. The van der Waals surface area contributed by atoms with Crippen LogP contribution in [0.5, 0.6) is 0 Å². The Morgan fingerprint density at radius 2 is 2.24 bits per heavy atom. The van der Waals surface area contributed by atoms with Gasteiger partial charge in [0.15, 0.2) is 0 Å². The minimum atomic E-state index is 0.00431. The molecule has 4 nitrogen and oxygen atoms in total. The number of amides is 1. The molecular formula is C12H18ClN3O. The molecule has 94 valence electrons. The van der Waals surface area contributed by atoms with Gasteiger partial charge in [-0.15, -0.1) is 0 Å². The fourth-order valence-electron chi connectivity index (χ4n) is 2.39. The quantitative estimate of drug-likeness (QED) is 0.772. The number of halogens is 1. The van der Waals surface area contributed by atoms with E-state index in [0.717, 1.165) is 19.5 Å². The predicted octanol–water partition coefficient (Wildman–Crippen LogP) is 2.25. The third-order valence-corrected chi connectivity index (χ3v) is 3.75. The van der Waals surface area contributed by atoms with Crippen molar-refractivity contribution in [1.82, 2.24) is 14.7 Å². The summed E-state index contributed by atoms with van der Waals surface area (Å²) in [7, 11) is 1.76. The third kappa shape index (κ3) is 2.32. The Morgan fingerprint density at radius 1 is 1.53 bits per heavy atom. The van der Waals surface area contributed by atoms with E-state index >= 15 is 0 Å². The molecule has 0 aliphatic carbocycles. The Labute approximate surface area is 107 Å². The van der Waals surface area contributed by atoms with E-state index in [1.807, 2.05) is 11.8 Å². The normalized spacial score (nSPS) is 20.7. The van der Waals surface area contributed by atoms with E-state index in [0.29, 0.717) is 22.3 Å². The fraction of sp³-hybridized carbons (Fsp3) is 0.667. The number of hydrogen-bond acceptors (Lipinski definition) is 2. The number of aromatic nitrogens is 2. The number of carbonyl (C=O) groups is 1. The summed E-state index contributed by atoms with van der Waals surface area (Å²) in [4.78, 5) is 14.3. The van der Waals surface area contributed by atoms with Crippen molar-refractivity contribution >= 4 is 17.5 Å². The summed E-state index contributed by atoms with van der Waals surface area (Å²) in [5.41, 5.74) is 1.22. The molecule has 0 radical (unpaired) electrons. The first-order valence-electron chi connectivity index (χ1n) is 5.99. The molecule has 2 rings (SSSR count). The highest BCUT2D eigenvalue weighted by atomic mass is 35.5. The monoisotopic (exact) mass is 255 g/mol. The van der Waals surface area contributed by atoms with Crippen LogP contribution in [0.2, 0.25) is 5.02 Å². The number of hydrogen-bond donors (Lipinski definition) is 0. The lowest BCUT2D eigenvalue weighted by molar-refractivity contribution is 0.0672. The zero-order chi connectivity index (χ0) is 12.6. The summed E-state index contributed by atoms with van der Waals surface area (Å²) < 4.78 is 1.58. The van der Waals surface area contributed by atoms with Crippen LogP contribution in [0.4, 0.5) is 0 Å². The Hall–Kier alpha value is -1.03. The average molecular weight is 256 g/mol. The van der Waals surface area contributed by atoms with Crippen molar-refractivity contribution in [2.75, 3.05) is 13.1 Å². The van der Waals surface area contributed by atoms with E-state index in [9.17, 15) is 4.79 Å². The predicted molar refractivity (Wildman–Crippen MR) is 67.3 cm³/mol. The molecule has 0 N–H and O–H groups in total. The number of piperidine rings is 1. The van der Waals surface area contributed by atoms with Crippen LogP contribution in [0.15, 0.2) is 0 Å². The molecular weight excluding hydrogens is 238 g/mol. The molecule has 1 amide bonds. The average Bonchev–Trinajstić information content (AvgIpc) is 2.52. The Kier molecular flexibility index (Phi) is 3.43. The zero-order valence-electron chi connectivity index (χ0n) is 10.5. The summed E-state index contributed by atoms with van der Waals surface area (Å²) in [6, 6.07) is 0. The van der Waals surface area contributed by atoms with Gasteiger partial charge in [0, 0.05) is 20.1 Å². The van der Waals surface area contributed by atoms with Crippen molar-refractivity contribution in [2.24, 2.45) is 13.0 Å². The number of aryl methyl sites for hydroxylation is 2. The Bertz CT molecular complexity index is 441. The van der Waals surface area contributed by atoms with Gasteiger partial charge in [0.1, 0.15) is 5.69 Å². The number of likely N-dealkylation sites (tertiary alicyclic amines) is 1. The van der Waals surface area contributed by atoms with Crippen LogP contribution in [0.25, 0.3) is 0 Å². The lowest BCUT2D eigenvalue weighted by Gasteiger charge is -2.30. The zero-order valence-corrected chi connectivity index (χ0v) is 11.3. The summed E-state index contributed by atoms with van der Waals surface area (Å²) in [6.07, 6.45) is 2.27. The summed E-state index contributed by atoms with van der Waals surface area (Å²) in [5.74, 6) is 0.574. The topological polar surface area (TPSA) is 38.1 Å². The Morgan fingerprint density at radius 3 is 2.76 bits per heavy atom. The van der Waals surface area contributed by atoms with E-state index in [1.165, 1.54) is 6.42 Å². The van der Waals surface area contributed by atoms with Gasteiger partial charge < -0.3 is 4.90 Å². The van der Waals surface area contributed by atoms with Crippen molar-refractivity contribution in [3.63, 3.8) is 0 Å². The van der Waals surface area contributed by atoms with Crippen LogP contribution in [0, 0.1) is 12.8 Å². The summed E-state index contributed by atoms with van der Waals surface area (Å²) in [6.45, 7) is 5.64. The number of nitrogens with zero attached hydrogens (tertiary/aromatic N) is 3. The highest BCUT2D eigenvalue weighted by Gasteiger charge is 2.27. The maximum Gasteiger partial charge on any atom is 0.273 e. The second-order valence-corrected chi connectivity index (χ2v) is 5.25. The maximum absolute atomic E-state index is 12.4. The first-order valence-corrected chi connectivity index (χ1v) is 6.37. The molecule has 1 aromatic rings. The maximum atomic E-state index is 12.4. The minimum Gasteiger partial charge on any atom is -0.337 e. The standard InChI is InChI=1S/C12H18ClN3O/c1-8-5-4-6-16(7-8)12(17)11-10(13)9(2)14-15(11)3/h8H,4-7H2,1-3H3. The van der Waals surface area contributed by atoms with Gasteiger partial charge >= 0.3 is 0 Å². The van der Waals surface area contributed by atoms with Crippen molar-refractivity contribution < 1.29 is 4.79 Å². The molecule has 1 aliphatic heterocycles. The van der Waals surface area contributed by atoms with Crippen LogP contribution in [0.1, 0.15) is 35.9 Å². The SMILES string of the molecule is Cc1nn(C)c(C(=O)N2CCCC(C)C2)c1Cl. The van der Waals surface area contributed by atoms with Gasteiger partial charge in [-0.1, -0.05) is 18.5 Å². The van der Waals surface area contributed by atoms with Crippen LogP contribution in [-0.2, 0) is 7.05 Å². The molecule has 1 atom stereocenters. The van der Waals surface area contributed by atoms with Crippen molar-refractivity contribution in [2.45, 2.75) is 26.7 Å². The molecule has 1 saturated heterocycles. The van der Waals surface area contributed by atoms with Crippen LogP contribution in [-0.4, -0.2) is 33.7 Å². The van der Waals surface area contributed by atoms with E-state index in [-0.39, 0.29) is 5.91 Å². The molecule has 5 heteroatoms.